The summed E-state index contributed by atoms with van der Waals surface area (Å²) in [5.41, 5.74) is 2.30. The standard InChI is InChI=1S/C20H18N2O3/c1-25-17-9-5-8-15(10-17)19(23)16-11-18(21-13-16)20(24)22-12-14-6-3-2-4-7-14/h2-11,13,21H,12H2,1H3,(H,22,24). The number of rotatable bonds is 6. The van der Waals surface area contributed by atoms with Crippen molar-refractivity contribution in [3.8, 4) is 5.75 Å². The van der Waals surface area contributed by atoms with E-state index in [1.807, 2.05) is 30.3 Å². The second-order valence-corrected chi connectivity index (χ2v) is 5.53. The van der Waals surface area contributed by atoms with Crippen LogP contribution in [0.1, 0.15) is 32.0 Å². The van der Waals surface area contributed by atoms with Gasteiger partial charge in [-0.25, -0.2) is 0 Å². The molecule has 0 aliphatic carbocycles. The number of nitrogens with one attached hydrogen (secondary N) is 2. The van der Waals surface area contributed by atoms with Crippen LogP contribution in [0.25, 0.3) is 0 Å². The van der Waals surface area contributed by atoms with E-state index in [1.165, 1.54) is 0 Å². The van der Waals surface area contributed by atoms with E-state index >= 15 is 0 Å². The third-order valence-corrected chi connectivity index (χ3v) is 3.82. The Morgan fingerprint density at radius 2 is 1.80 bits per heavy atom. The summed E-state index contributed by atoms with van der Waals surface area (Å²) in [5.74, 6) is 0.188. The van der Waals surface area contributed by atoms with E-state index < -0.39 is 0 Å². The van der Waals surface area contributed by atoms with Gasteiger partial charge in [-0.3, -0.25) is 9.59 Å². The van der Waals surface area contributed by atoms with Crippen LogP contribution in [-0.2, 0) is 6.54 Å². The lowest BCUT2D eigenvalue weighted by Gasteiger charge is -2.03. The molecule has 0 bridgehead atoms. The van der Waals surface area contributed by atoms with Crippen LogP contribution in [0.2, 0.25) is 0 Å². The fourth-order valence-electron chi connectivity index (χ4n) is 2.46. The molecule has 0 fully saturated rings. The SMILES string of the molecule is COc1cccc(C(=O)c2c[nH]c(C(=O)NCc3ccccc3)c2)c1. The van der Waals surface area contributed by atoms with E-state index in [0.717, 1.165) is 5.56 Å². The fraction of sp³-hybridized carbons (Fsp3) is 0.100. The van der Waals surface area contributed by atoms with Crippen molar-refractivity contribution in [3.05, 3.63) is 89.2 Å². The van der Waals surface area contributed by atoms with Crippen molar-refractivity contribution in [2.75, 3.05) is 7.11 Å². The number of ether oxygens (including phenoxy) is 1. The molecule has 2 aromatic carbocycles. The van der Waals surface area contributed by atoms with Crippen molar-refractivity contribution in [2.45, 2.75) is 6.54 Å². The fourth-order valence-corrected chi connectivity index (χ4v) is 2.46. The Labute approximate surface area is 145 Å². The minimum absolute atomic E-state index is 0.169. The summed E-state index contributed by atoms with van der Waals surface area (Å²) in [5, 5.41) is 2.82. The van der Waals surface area contributed by atoms with Gasteiger partial charge in [0.2, 0.25) is 0 Å². The highest BCUT2D eigenvalue weighted by molar-refractivity contribution is 6.10. The first-order valence-electron chi connectivity index (χ1n) is 7.86. The van der Waals surface area contributed by atoms with Crippen molar-refractivity contribution < 1.29 is 14.3 Å². The quantitative estimate of drug-likeness (QED) is 0.680. The van der Waals surface area contributed by atoms with Crippen LogP contribution in [-0.4, -0.2) is 23.8 Å². The van der Waals surface area contributed by atoms with Gasteiger partial charge in [0.15, 0.2) is 5.78 Å². The number of carbonyl (C=O) groups is 2. The molecule has 3 aromatic rings. The molecule has 0 radical (unpaired) electrons. The Bertz CT molecular complexity index is 885. The maximum absolute atomic E-state index is 12.5. The molecule has 0 spiro atoms. The van der Waals surface area contributed by atoms with Crippen molar-refractivity contribution in [1.29, 1.82) is 0 Å². The molecular formula is C20H18N2O3. The number of hydrogen-bond donors (Lipinski definition) is 2. The van der Waals surface area contributed by atoms with E-state index in [-0.39, 0.29) is 11.7 Å². The third-order valence-electron chi connectivity index (χ3n) is 3.82. The molecule has 0 atom stereocenters. The van der Waals surface area contributed by atoms with E-state index in [1.54, 1.807) is 43.6 Å². The number of carbonyl (C=O) groups excluding carboxylic acids is 2. The van der Waals surface area contributed by atoms with E-state index in [0.29, 0.717) is 29.1 Å². The minimum Gasteiger partial charge on any atom is -0.497 e. The average Bonchev–Trinajstić information content (AvgIpc) is 3.16. The first-order chi connectivity index (χ1) is 12.2. The first kappa shape index (κ1) is 16.5. The molecule has 0 unspecified atom stereocenters. The summed E-state index contributed by atoms with van der Waals surface area (Å²) < 4.78 is 5.13. The monoisotopic (exact) mass is 334 g/mol. The Hall–Kier alpha value is -3.34. The summed E-state index contributed by atoms with van der Waals surface area (Å²) in [4.78, 5) is 27.6. The molecule has 0 aliphatic heterocycles. The summed E-state index contributed by atoms with van der Waals surface area (Å²) in [6, 6.07) is 18.1. The molecule has 0 saturated carbocycles. The second kappa shape index (κ2) is 7.49. The number of ketones is 1. The van der Waals surface area contributed by atoms with Gasteiger partial charge in [0.1, 0.15) is 11.4 Å². The molecule has 5 nitrogen and oxygen atoms in total. The van der Waals surface area contributed by atoms with E-state index in [2.05, 4.69) is 10.3 Å². The number of aromatic amines is 1. The molecule has 1 heterocycles. The zero-order valence-corrected chi connectivity index (χ0v) is 13.8. The lowest BCUT2D eigenvalue weighted by Crippen LogP contribution is -2.23. The Kier molecular flexibility index (Phi) is 4.95. The first-order valence-corrected chi connectivity index (χ1v) is 7.86. The molecule has 126 valence electrons. The van der Waals surface area contributed by atoms with Crippen molar-refractivity contribution >= 4 is 11.7 Å². The number of amides is 1. The van der Waals surface area contributed by atoms with Crippen molar-refractivity contribution in [3.63, 3.8) is 0 Å². The zero-order chi connectivity index (χ0) is 17.6. The summed E-state index contributed by atoms with van der Waals surface area (Å²) in [7, 11) is 1.55. The van der Waals surface area contributed by atoms with Gasteiger partial charge >= 0.3 is 0 Å². The molecule has 25 heavy (non-hydrogen) atoms. The predicted molar refractivity (Wildman–Crippen MR) is 94.8 cm³/mol. The van der Waals surface area contributed by atoms with Gasteiger partial charge in [-0.05, 0) is 23.8 Å². The number of methoxy groups -OCH3 is 1. The molecule has 1 amide bonds. The topological polar surface area (TPSA) is 71.2 Å². The largest absolute Gasteiger partial charge is 0.497 e. The smallest absolute Gasteiger partial charge is 0.267 e. The van der Waals surface area contributed by atoms with Crippen LogP contribution >= 0.6 is 0 Å². The summed E-state index contributed by atoms with van der Waals surface area (Å²) in [6.07, 6.45) is 1.54. The minimum atomic E-state index is -0.256. The van der Waals surface area contributed by atoms with Crippen LogP contribution in [0.5, 0.6) is 5.75 Å². The zero-order valence-electron chi connectivity index (χ0n) is 13.8. The van der Waals surface area contributed by atoms with Crippen LogP contribution in [0.4, 0.5) is 0 Å². The van der Waals surface area contributed by atoms with Gasteiger partial charge in [-0.1, -0.05) is 42.5 Å². The average molecular weight is 334 g/mol. The molecule has 1 aromatic heterocycles. The summed E-state index contributed by atoms with van der Waals surface area (Å²) in [6.45, 7) is 0.428. The van der Waals surface area contributed by atoms with Gasteiger partial charge in [-0.15, -0.1) is 0 Å². The molecular weight excluding hydrogens is 316 g/mol. The van der Waals surface area contributed by atoms with Gasteiger partial charge < -0.3 is 15.0 Å². The van der Waals surface area contributed by atoms with Gasteiger partial charge in [0.05, 0.1) is 7.11 Å². The highest BCUT2D eigenvalue weighted by atomic mass is 16.5. The van der Waals surface area contributed by atoms with Crippen molar-refractivity contribution in [1.82, 2.24) is 10.3 Å². The molecule has 5 heteroatoms. The normalized spacial score (nSPS) is 10.3. The van der Waals surface area contributed by atoms with E-state index in [4.69, 9.17) is 4.74 Å². The molecule has 2 N–H and O–H groups in total. The Morgan fingerprint density at radius 1 is 1.00 bits per heavy atom. The molecule has 0 aliphatic rings. The lowest BCUT2D eigenvalue weighted by atomic mass is 10.1. The highest BCUT2D eigenvalue weighted by Crippen LogP contribution is 2.17. The number of benzene rings is 2. The van der Waals surface area contributed by atoms with Crippen LogP contribution < -0.4 is 10.1 Å². The number of aromatic nitrogens is 1. The van der Waals surface area contributed by atoms with Crippen LogP contribution in [0.3, 0.4) is 0 Å². The second-order valence-electron chi connectivity index (χ2n) is 5.53. The summed E-state index contributed by atoms with van der Waals surface area (Å²) >= 11 is 0. The highest BCUT2D eigenvalue weighted by Gasteiger charge is 2.15. The maximum atomic E-state index is 12.5. The predicted octanol–water partition coefficient (Wildman–Crippen LogP) is 3.18. The molecule has 0 saturated heterocycles. The van der Waals surface area contributed by atoms with Crippen LogP contribution in [0.15, 0.2) is 66.9 Å². The van der Waals surface area contributed by atoms with Gasteiger partial charge in [-0.2, -0.15) is 0 Å². The third kappa shape index (κ3) is 3.95. The Balaban J connectivity index is 1.68. The number of H-pyrrole nitrogens is 1. The van der Waals surface area contributed by atoms with Crippen molar-refractivity contribution in [2.24, 2.45) is 0 Å². The van der Waals surface area contributed by atoms with Gasteiger partial charge in [0, 0.05) is 23.9 Å². The van der Waals surface area contributed by atoms with Gasteiger partial charge in [0.25, 0.3) is 5.91 Å². The van der Waals surface area contributed by atoms with Crippen LogP contribution in [0, 0.1) is 0 Å². The number of hydrogen-bond acceptors (Lipinski definition) is 3. The molecule has 3 rings (SSSR count). The Morgan fingerprint density at radius 3 is 2.56 bits per heavy atom. The maximum Gasteiger partial charge on any atom is 0.267 e. The lowest BCUT2D eigenvalue weighted by molar-refractivity contribution is 0.0946. The van der Waals surface area contributed by atoms with E-state index in [9.17, 15) is 9.59 Å².